The number of alkyl halides is 1. The van der Waals surface area contributed by atoms with E-state index in [1.807, 2.05) is 19.1 Å². The normalized spacial score (nSPS) is 19.9. The van der Waals surface area contributed by atoms with E-state index >= 15 is 0 Å². The number of rotatable bonds is 5. The van der Waals surface area contributed by atoms with Crippen molar-refractivity contribution < 1.29 is 8.42 Å². The number of benzene rings is 1. The van der Waals surface area contributed by atoms with Gasteiger partial charge in [0, 0.05) is 23.6 Å². The zero-order valence-corrected chi connectivity index (χ0v) is 13.6. The average molecular weight is 346 g/mol. The third kappa shape index (κ3) is 3.31. The van der Waals surface area contributed by atoms with Crippen molar-refractivity contribution in [3.05, 3.63) is 24.3 Å². The van der Waals surface area contributed by atoms with Crippen LogP contribution in [0.3, 0.4) is 0 Å². The lowest BCUT2D eigenvalue weighted by Crippen LogP contribution is -2.30. The summed E-state index contributed by atoms with van der Waals surface area (Å²) in [6.07, 6.45) is 3.05. The average Bonchev–Trinajstić information content (AvgIpc) is 2.87. The summed E-state index contributed by atoms with van der Waals surface area (Å²) in [7, 11) is -3.10. The fourth-order valence-corrected chi connectivity index (χ4v) is 4.56. The number of nitrogens with zero attached hydrogens (tertiary/aromatic N) is 1. The number of hydrogen-bond acceptors (Lipinski definition) is 3. The maximum atomic E-state index is 12.0. The van der Waals surface area contributed by atoms with Gasteiger partial charge in [-0.05, 0) is 43.5 Å². The summed E-state index contributed by atoms with van der Waals surface area (Å²) in [5, 5.41) is 0.961. The molecule has 0 aliphatic carbocycles. The van der Waals surface area contributed by atoms with Crippen LogP contribution >= 0.6 is 15.9 Å². The van der Waals surface area contributed by atoms with Gasteiger partial charge < -0.3 is 4.90 Å². The van der Waals surface area contributed by atoms with Gasteiger partial charge in [0.05, 0.1) is 10.6 Å². The van der Waals surface area contributed by atoms with Crippen LogP contribution < -0.4 is 4.90 Å². The fourth-order valence-electron chi connectivity index (χ4n) is 2.57. The molecule has 0 radical (unpaired) electrons. The third-order valence-electron chi connectivity index (χ3n) is 3.56. The third-order valence-corrected chi connectivity index (χ3v) is 6.24. The van der Waals surface area contributed by atoms with Crippen molar-refractivity contribution >= 4 is 31.5 Å². The maximum absolute atomic E-state index is 12.0. The van der Waals surface area contributed by atoms with E-state index in [-0.39, 0.29) is 5.75 Å². The molecule has 0 aromatic heterocycles. The van der Waals surface area contributed by atoms with E-state index in [0.717, 1.165) is 17.6 Å². The Bertz CT molecular complexity index is 513. The molecule has 1 fully saturated rings. The van der Waals surface area contributed by atoms with Crippen LogP contribution in [-0.4, -0.2) is 32.1 Å². The van der Waals surface area contributed by atoms with Gasteiger partial charge in [0.15, 0.2) is 9.84 Å². The van der Waals surface area contributed by atoms with Crippen molar-refractivity contribution in [3.8, 4) is 0 Å². The van der Waals surface area contributed by atoms with E-state index in [1.165, 1.54) is 12.8 Å². The number of hydrogen-bond donors (Lipinski definition) is 0. The Kier molecular flexibility index (Phi) is 4.90. The van der Waals surface area contributed by atoms with Crippen molar-refractivity contribution in [1.82, 2.24) is 0 Å². The van der Waals surface area contributed by atoms with Crippen LogP contribution in [-0.2, 0) is 9.84 Å². The zero-order chi connectivity index (χ0) is 13.9. The van der Waals surface area contributed by atoms with Gasteiger partial charge in [0.25, 0.3) is 0 Å². The van der Waals surface area contributed by atoms with Crippen molar-refractivity contribution in [1.29, 1.82) is 0 Å². The number of anilines is 1. The molecular weight excluding hydrogens is 326 g/mol. The lowest BCUT2D eigenvalue weighted by atomic mass is 10.2. The minimum atomic E-state index is -3.10. The van der Waals surface area contributed by atoms with E-state index in [2.05, 4.69) is 20.8 Å². The molecule has 2 rings (SSSR count). The first-order valence-electron chi connectivity index (χ1n) is 6.74. The molecule has 1 aliphatic rings. The number of halogens is 1. The van der Waals surface area contributed by atoms with Crippen LogP contribution in [0.5, 0.6) is 0 Å². The molecule has 3 nitrogen and oxygen atoms in total. The molecular formula is C14H20BrNO2S. The molecule has 1 atom stereocenters. The predicted octanol–water partition coefficient (Wildman–Crippen LogP) is 3.23. The molecule has 0 amide bonds. The monoisotopic (exact) mass is 345 g/mol. The zero-order valence-electron chi connectivity index (χ0n) is 11.2. The molecule has 1 aliphatic heterocycles. The maximum Gasteiger partial charge on any atom is 0.178 e. The van der Waals surface area contributed by atoms with Gasteiger partial charge in [0.1, 0.15) is 0 Å². The summed E-state index contributed by atoms with van der Waals surface area (Å²) in [4.78, 5) is 2.79. The van der Waals surface area contributed by atoms with Crippen molar-refractivity contribution in [3.63, 3.8) is 0 Å². The van der Waals surface area contributed by atoms with Crippen molar-refractivity contribution in [2.24, 2.45) is 0 Å². The topological polar surface area (TPSA) is 37.4 Å². The van der Waals surface area contributed by atoms with E-state index in [0.29, 0.717) is 17.4 Å². The standard InChI is InChI=1S/C14H20BrNO2S/c1-2-10-19(17,18)14-7-5-12(6-8-14)16-9-3-4-13(16)11-15/h5-8,13H,2-4,9-11H2,1H3. The van der Waals surface area contributed by atoms with Crippen molar-refractivity contribution in [2.45, 2.75) is 37.1 Å². The molecule has 0 bridgehead atoms. The van der Waals surface area contributed by atoms with Gasteiger partial charge in [-0.3, -0.25) is 0 Å². The van der Waals surface area contributed by atoms with E-state index < -0.39 is 9.84 Å². The summed E-state index contributed by atoms with van der Waals surface area (Å²) in [6.45, 7) is 2.94. The Labute approximate surface area is 124 Å². The van der Waals surface area contributed by atoms with Crippen LogP contribution in [0, 0.1) is 0 Å². The van der Waals surface area contributed by atoms with Crippen LogP contribution in [0.4, 0.5) is 5.69 Å². The van der Waals surface area contributed by atoms with E-state index in [1.54, 1.807) is 12.1 Å². The first kappa shape index (κ1) is 14.9. The minimum Gasteiger partial charge on any atom is -0.368 e. The first-order chi connectivity index (χ1) is 9.08. The Morgan fingerprint density at radius 3 is 2.58 bits per heavy atom. The smallest absolute Gasteiger partial charge is 0.178 e. The second-order valence-electron chi connectivity index (χ2n) is 4.96. The van der Waals surface area contributed by atoms with Crippen LogP contribution in [0.2, 0.25) is 0 Å². The SMILES string of the molecule is CCCS(=O)(=O)c1ccc(N2CCCC2CBr)cc1. The Morgan fingerprint density at radius 1 is 1.32 bits per heavy atom. The second kappa shape index (κ2) is 6.27. The highest BCUT2D eigenvalue weighted by Crippen LogP contribution is 2.27. The Balaban J connectivity index is 2.19. The van der Waals surface area contributed by atoms with Gasteiger partial charge in [-0.15, -0.1) is 0 Å². The molecule has 5 heteroatoms. The van der Waals surface area contributed by atoms with Crippen LogP contribution in [0.15, 0.2) is 29.2 Å². The highest BCUT2D eigenvalue weighted by atomic mass is 79.9. The first-order valence-corrected chi connectivity index (χ1v) is 9.51. The summed E-state index contributed by atoms with van der Waals surface area (Å²) < 4.78 is 23.9. The van der Waals surface area contributed by atoms with Crippen LogP contribution in [0.25, 0.3) is 0 Å². The lowest BCUT2D eigenvalue weighted by Gasteiger charge is -2.25. The molecule has 1 heterocycles. The summed E-state index contributed by atoms with van der Waals surface area (Å²) in [5.74, 6) is 0.222. The van der Waals surface area contributed by atoms with Crippen molar-refractivity contribution in [2.75, 3.05) is 22.5 Å². The highest BCUT2D eigenvalue weighted by molar-refractivity contribution is 9.09. The predicted molar refractivity (Wildman–Crippen MR) is 82.9 cm³/mol. The van der Waals surface area contributed by atoms with Crippen LogP contribution in [0.1, 0.15) is 26.2 Å². The Morgan fingerprint density at radius 2 is 2.00 bits per heavy atom. The molecule has 19 heavy (non-hydrogen) atoms. The summed E-state index contributed by atoms with van der Waals surface area (Å²) in [5.41, 5.74) is 1.12. The molecule has 1 saturated heterocycles. The van der Waals surface area contributed by atoms with Gasteiger partial charge >= 0.3 is 0 Å². The highest BCUT2D eigenvalue weighted by Gasteiger charge is 2.24. The molecule has 106 valence electrons. The largest absolute Gasteiger partial charge is 0.368 e. The Hall–Kier alpha value is -0.550. The molecule has 1 aromatic rings. The van der Waals surface area contributed by atoms with E-state index in [4.69, 9.17) is 0 Å². The van der Waals surface area contributed by atoms with Gasteiger partial charge in [0.2, 0.25) is 0 Å². The van der Waals surface area contributed by atoms with E-state index in [9.17, 15) is 8.42 Å². The fraction of sp³-hybridized carbons (Fsp3) is 0.571. The molecule has 0 saturated carbocycles. The molecule has 1 unspecified atom stereocenters. The molecule has 1 aromatic carbocycles. The second-order valence-corrected chi connectivity index (χ2v) is 7.71. The molecule has 0 spiro atoms. The summed E-state index contributed by atoms with van der Waals surface area (Å²) >= 11 is 3.54. The number of sulfone groups is 1. The van der Waals surface area contributed by atoms with Gasteiger partial charge in [-0.2, -0.15) is 0 Å². The van der Waals surface area contributed by atoms with Gasteiger partial charge in [-0.1, -0.05) is 22.9 Å². The lowest BCUT2D eigenvalue weighted by molar-refractivity contribution is 0.594. The summed E-state index contributed by atoms with van der Waals surface area (Å²) in [6, 6.07) is 7.87. The van der Waals surface area contributed by atoms with Gasteiger partial charge in [-0.25, -0.2) is 8.42 Å². The molecule has 0 N–H and O–H groups in total. The minimum absolute atomic E-state index is 0.222. The quantitative estimate of drug-likeness (QED) is 0.768.